The molecule has 0 saturated heterocycles. The van der Waals surface area contributed by atoms with Crippen molar-refractivity contribution in [1.82, 2.24) is 5.01 Å². The molecular formula is C15H29N3O4. The summed E-state index contributed by atoms with van der Waals surface area (Å²) in [5.74, 6) is -0.705. The van der Waals surface area contributed by atoms with Gasteiger partial charge >= 0.3 is 5.97 Å². The van der Waals surface area contributed by atoms with Gasteiger partial charge in [0.1, 0.15) is 6.10 Å². The molecular weight excluding hydrogens is 286 g/mol. The number of hydrogen-bond donors (Lipinski definition) is 1. The minimum atomic E-state index is -0.807. The minimum absolute atomic E-state index is 0.288. The summed E-state index contributed by atoms with van der Waals surface area (Å²) >= 11 is 0. The molecule has 0 aromatic heterocycles. The maximum absolute atomic E-state index is 12.2. The SMILES string of the molecule is CC(C)CCN(/[N+]([O-])=N\O[C@@H]1CC[C@@H](C(=O)O)C1)C(C)(C)C. The largest absolute Gasteiger partial charge is 0.569 e. The molecule has 0 aliphatic heterocycles. The number of carboxylic acid groups (broad SMARTS) is 1. The fourth-order valence-electron chi connectivity index (χ4n) is 2.47. The molecule has 1 saturated carbocycles. The predicted octanol–water partition coefficient (Wildman–Crippen LogP) is 3.20. The summed E-state index contributed by atoms with van der Waals surface area (Å²) in [4.78, 5) is 16.7. The fraction of sp³-hybridized carbons (Fsp3) is 0.933. The summed E-state index contributed by atoms with van der Waals surface area (Å²) < 4.78 is 0. The van der Waals surface area contributed by atoms with Crippen molar-refractivity contribution in [2.45, 2.75) is 71.9 Å². The van der Waals surface area contributed by atoms with Gasteiger partial charge in [-0.05, 0) is 46.0 Å². The lowest BCUT2D eigenvalue weighted by molar-refractivity contribution is -0.726. The number of aliphatic carboxylic acids is 1. The smallest absolute Gasteiger partial charge is 0.306 e. The van der Waals surface area contributed by atoms with Gasteiger partial charge in [0.05, 0.1) is 23.0 Å². The Kier molecular flexibility index (Phi) is 6.44. The van der Waals surface area contributed by atoms with Gasteiger partial charge in [-0.3, -0.25) is 4.79 Å². The van der Waals surface area contributed by atoms with Crippen LogP contribution in [0.3, 0.4) is 0 Å². The van der Waals surface area contributed by atoms with Gasteiger partial charge in [0.2, 0.25) is 5.28 Å². The Morgan fingerprint density at radius 2 is 2.09 bits per heavy atom. The first-order valence-corrected chi connectivity index (χ1v) is 7.95. The number of hydrazine groups is 1. The molecule has 22 heavy (non-hydrogen) atoms. The van der Waals surface area contributed by atoms with Crippen LogP contribution in [0.15, 0.2) is 5.28 Å². The highest BCUT2D eigenvalue weighted by molar-refractivity contribution is 5.70. The van der Waals surface area contributed by atoms with Crippen molar-refractivity contribution >= 4 is 5.97 Å². The summed E-state index contributed by atoms with van der Waals surface area (Å²) in [6.07, 6.45) is 2.20. The van der Waals surface area contributed by atoms with E-state index in [9.17, 15) is 10.0 Å². The average Bonchev–Trinajstić information content (AvgIpc) is 2.83. The van der Waals surface area contributed by atoms with Crippen molar-refractivity contribution < 1.29 is 19.7 Å². The van der Waals surface area contributed by atoms with Crippen LogP contribution in [0.4, 0.5) is 0 Å². The molecule has 1 aliphatic carbocycles. The van der Waals surface area contributed by atoms with Gasteiger partial charge in [0, 0.05) is 6.42 Å². The molecule has 0 spiro atoms. The summed E-state index contributed by atoms with van der Waals surface area (Å²) in [6, 6.07) is 0. The van der Waals surface area contributed by atoms with E-state index in [1.807, 2.05) is 20.8 Å². The van der Waals surface area contributed by atoms with Crippen molar-refractivity contribution in [2.75, 3.05) is 6.54 Å². The first kappa shape index (κ1) is 18.5. The predicted molar refractivity (Wildman–Crippen MR) is 81.8 cm³/mol. The maximum atomic E-state index is 12.2. The van der Waals surface area contributed by atoms with Crippen molar-refractivity contribution in [1.29, 1.82) is 0 Å². The van der Waals surface area contributed by atoms with E-state index in [2.05, 4.69) is 19.1 Å². The third-order valence-corrected chi connectivity index (χ3v) is 3.90. The molecule has 1 rings (SSSR count). The highest BCUT2D eigenvalue weighted by Gasteiger charge is 2.33. The van der Waals surface area contributed by atoms with Crippen LogP contribution in [0.1, 0.15) is 60.3 Å². The summed E-state index contributed by atoms with van der Waals surface area (Å²) in [7, 11) is 0. The Hall–Kier alpha value is -1.53. The first-order chi connectivity index (χ1) is 10.1. The van der Waals surface area contributed by atoms with Crippen LogP contribution in [0.2, 0.25) is 0 Å². The van der Waals surface area contributed by atoms with Crippen LogP contribution in [-0.2, 0) is 9.63 Å². The van der Waals surface area contributed by atoms with Crippen molar-refractivity contribution in [3.8, 4) is 0 Å². The van der Waals surface area contributed by atoms with E-state index in [4.69, 9.17) is 9.94 Å². The van der Waals surface area contributed by atoms with Crippen molar-refractivity contribution in [3.63, 3.8) is 0 Å². The second-order valence-corrected chi connectivity index (χ2v) is 7.39. The highest BCUT2D eigenvalue weighted by Crippen LogP contribution is 2.28. The second kappa shape index (κ2) is 7.65. The average molecular weight is 315 g/mol. The zero-order valence-corrected chi connectivity index (χ0v) is 14.3. The topological polar surface area (TPSA) is 88.2 Å². The van der Waals surface area contributed by atoms with E-state index in [-0.39, 0.29) is 17.6 Å². The standard InChI is InChI=1S/C15H29N3O4/c1-11(2)8-9-17(15(3,4)5)18(21)16-22-13-7-6-12(10-13)14(19)20/h11-13H,6-10H2,1-5H3,(H,19,20)/b18-16+/t12-,13-/m1/s1. The molecule has 7 nitrogen and oxygen atoms in total. The van der Waals surface area contributed by atoms with Gasteiger partial charge in [0.25, 0.3) is 0 Å². The number of carbonyl (C=O) groups is 1. The Labute approximate surface area is 132 Å². The van der Waals surface area contributed by atoms with E-state index in [0.29, 0.717) is 36.7 Å². The molecule has 0 bridgehead atoms. The molecule has 0 radical (unpaired) electrons. The van der Waals surface area contributed by atoms with Crippen LogP contribution in [0.25, 0.3) is 0 Å². The van der Waals surface area contributed by atoms with E-state index in [1.54, 1.807) is 5.01 Å². The first-order valence-electron chi connectivity index (χ1n) is 7.95. The molecule has 1 aliphatic rings. The number of carboxylic acids is 1. The lowest BCUT2D eigenvalue weighted by atomic mass is 10.1. The molecule has 0 unspecified atom stereocenters. The van der Waals surface area contributed by atoms with Crippen LogP contribution in [0, 0.1) is 17.0 Å². The van der Waals surface area contributed by atoms with E-state index in [1.165, 1.54) is 0 Å². The van der Waals surface area contributed by atoms with Gasteiger partial charge in [-0.25, -0.2) is 0 Å². The van der Waals surface area contributed by atoms with Gasteiger partial charge in [-0.15, -0.1) is 5.01 Å². The lowest BCUT2D eigenvalue weighted by Crippen LogP contribution is -2.46. The number of nitrogens with zero attached hydrogens (tertiary/aromatic N) is 3. The Balaban J connectivity index is 2.61. The number of rotatable bonds is 7. The zero-order valence-electron chi connectivity index (χ0n) is 14.3. The highest BCUT2D eigenvalue weighted by atomic mass is 16.7. The molecule has 0 aromatic carbocycles. The Bertz CT molecular complexity index is 404. The van der Waals surface area contributed by atoms with Gasteiger partial charge in [-0.1, -0.05) is 13.8 Å². The monoisotopic (exact) mass is 315 g/mol. The quantitative estimate of drug-likeness (QED) is 0.443. The van der Waals surface area contributed by atoms with E-state index >= 15 is 0 Å². The lowest BCUT2D eigenvalue weighted by Gasteiger charge is -2.30. The maximum Gasteiger partial charge on any atom is 0.306 e. The Morgan fingerprint density at radius 3 is 2.55 bits per heavy atom. The molecule has 128 valence electrons. The third-order valence-electron chi connectivity index (χ3n) is 3.90. The van der Waals surface area contributed by atoms with E-state index < -0.39 is 5.97 Å². The molecule has 0 amide bonds. The fourth-order valence-corrected chi connectivity index (χ4v) is 2.47. The number of hydrogen-bond acceptors (Lipinski definition) is 4. The van der Waals surface area contributed by atoms with Gasteiger partial charge in [-0.2, -0.15) is 0 Å². The second-order valence-electron chi connectivity index (χ2n) is 7.39. The minimum Gasteiger partial charge on any atom is -0.569 e. The van der Waals surface area contributed by atoms with E-state index in [0.717, 1.165) is 6.42 Å². The normalized spacial score (nSPS) is 22.9. The van der Waals surface area contributed by atoms with Crippen molar-refractivity contribution in [3.05, 3.63) is 5.21 Å². The molecule has 7 heteroatoms. The van der Waals surface area contributed by atoms with Crippen LogP contribution < -0.4 is 0 Å². The molecule has 0 heterocycles. The van der Waals surface area contributed by atoms with Gasteiger partial charge < -0.3 is 15.2 Å². The third kappa shape index (κ3) is 5.69. The summed E-state index contributed by atoms with van der Waals surface area (Å²) in [5.41, 5.74) is -0.358. The van der Waals surface area contributed by atoms with Crippen LogP contribution in [0.5, 0.6) is 0 Å². The molecule has 1 N–H and O–H groups in total. The van der Waals surface area contributed by atoms with Crippen molar-refractivity contribution in [2.24, 2.45) is 17.1 Å². The molecule has 2 atom stereocenters. The zero-order chi connectivity index (χ0) is 16.9. The summed E-state index contributed by atoms with van der Waals surface area (Å²) in [5, 5.41) is 26.4. The van der Waals surface area contributed by atoms with Crippen LogP contribution >= 0.6 is 0 Å². The molecule has 1 fully saturated rings. The van der Waals surface area contributed by atoms with Crippen LogP contribution in [-0.4, -0.2) is 39.2 Å². The Morgan fingerprint density at radius 1 is 1.45 bits per heavy atom. The van der Waals surface area contributed by atoms with Gasteiger partial charge in [0.15, 0.2) is 0 Å². The summed E-state index contributed by atoms with van der Waals surface area (Å²) in [6.45, 7) is 10.7. The molecule has 0 aromatic rings.